The fraction of sp³-hybridized carbons (Fsp3) is 0.174. The van der Waals surface area contributed by atoms with E-state index < -0.39 is 17.6 Å². The highest BCUT2D eigenvalue weighted by Gasteiger charge is 2.30. The minimum atomic E-state index is -4.47. The van der Waals surface area contributed by atoms with Crippen molar-refractivity contribution in [2.24, 2.45) is 0 Å². The second-order valence-electron chi connectivity index (χ2n) is 7.03. The maximum Gasteiger partial charge on any atom is 0.416 e. The van der Waals surface area contributed by atoms with E-state index in [9.17, 15) is 18.0 Å². The minimum absolute atomic E-state index is 0.0873. The summed E-state index contributed by atoms with van der Waals surface area (Å²) in [5.74, 6) is 0.274. The number of furan rings is 1. The largest absolute Gasteiger partial charge is 0.461 e. The van der Waals surface area contributed by atoms with Gasteiger partial charge in [0.15, 0.2) is 5.76 Å². The molecular weight excluding hydrogens is 453 g/mol. The number of ether oxygens (including phenoxy) is 2. The second-order valence-corrected chi connectivity index (χ2v) is 7.03. The zero-order valence-electron chi connectivity index (χ0n) is 17.9. The van der Waals surface area contributed by atoms with Gasteiger partial charge < -0.3 is 19.2 Å². The summed E-state index contributed by atoms with van der Waals surface area (Å²) in [6.07, 6.45) is -2.97. The molecule has 4 rings (SSSR count). The van der Waals surface area contributed by atoms with Crippen LogP contribution in [-0.2, 0) is 10.9 Å². The fourth-order valence-corrected chi connectivity index (χ4v) is 3.05. The maximum atomic E-state index is 12.8. The van der Waals surface area contributed by atoms with E-state index in [2.05, 4.69) is 15.4 Å². The summed E-state index contributed by atoms with van der Waals surface area (Å²) in [6.45, 7) is 0.609. The molecule has 2 heterocycles. The number of aromatic nitrogens is 3. The van der Waals surface area contributed by atoms with Crippen LogP contribution >= 0.6 is 0 Å². The van der Waals surface area contributed by atoms with E-state index in [1.165, 1.54) is 10.9 Å². The number of rotatable bonds is 8. The van der Waals surface area contributed by atoms with Crippen molar-refractivity contribution in [2.75, 3.05) is 25.6 Å². The average molecular weight is 472 g/mol. The molecule has 0 atom stereocenters. The Labute approximate surface area is 191 Å². The van der Waals surface area contributed by atoms with Crippen LogP contribution in [0, 0.1) is 0 Å². The molecule has 0 spiro atoms. The predicted octanol–water partition coefficient (Wildman–Crippen LogP) is 4.82. The molecule has 0 saturated heterocycles. The van der Waals surface area contributed by atoms with E-state index in [0.717, 1.165) is 24.3 Å². The van der Waals surface area contributed by atoms with E-state index in [1.54, 1.807) is 43.5 Å². The lowest BCUT2D eigenvalue weighted by Gasteiger charge is -2.10. The van der Waals surface area contributed by atoms with E-state index in [-0.39, 0.29) is 18.2 Å². The Kier molecular flexibility index (Phi) is 6.64. The number of nitrogens with one attached hydrogen (secondary N) is 1. The molecule has 176 valence electrons. The third-order valence-electron chi connectivity index (χ3n) is 4.67. The summed E-state index contributed by atoms with van der Waals surface area (Å²) in [7, 11) is 1.55. The van der Waals surface area contributed by atoms with Crippen LogP contribution in [0.4, 0.5) is 18.9 Å². The topological polar surface area (TPSA) is 91.4 Å². The summed E-state index contributed by atoms with van der Waals surface area (Å²) in [5, 5.41) is 7.04. The number of amides is 1. The Hall–Kier alpha value is -4.12. The van der Waals surface area contributed by atoms with Gasteiger partial charge in [0.2, 0.25) is 5.82 Å². The number of halogens is 3. The Morgan fingerprint density at radius 2 is 1.88 bits per heavy atom. The Balaban J connectivity index is 1.58. The van der Waals surface area contributed by atoms with Crippen LogP contribution in [0.3, 0.4) is 0 Å². The van der Waals surface area contributed by atoms with Crippen LogP contribution in [0.1, 0.15) is 15.9 Å². The second kappa shape index (κ2) is 9.79. The van der Waals surface area contributed by atoms with Crippen LogP contribution in [0.15, 0.2) is 71.3 Å². The van der Waals surface area contributed by atoms with Crippen molar-refractivity contribution in [3.05, 3.63) is 78.1 Å². The van der Waals surface area contributed by atoms with Crippen LogP contribution in [0.25, 0.3) is 17.3 Å². The fourth-order valence-electron chi connectivity index (χ4n) is 3.05. The van der Waals surface area contributed by atoms with Gasteiger partial charge in [-0.2, -0.15) is 18.2 Å². The SMILES string of the molecule is COCCOc1nc(-c2ccco2)n(-c2cccc(NC(=O)c3ccc(C(F)(F)F)cc3)c2)n1. The molecule has 2 aromatic heterocycles. The molecule has 0 fully saturated rings. The van der Waals surface area contributed by atoms with Gasteiger partial charge in [-0.25, -0.2) is 4.68 Å². The molecule has 0 bridgehead atoms. The minimum Gasteiger partial charge on any atom is -0.461 e. The number of methoxy groups -OCH3 is 1. The molecule has 4 aromatic rings. The summed E-state index contributed by atoms with van der Waals surface area (Å²) < 4.78 is 55.7. The molecule has 8 nitrogen and oxygen atoms in total. The highest BCUT2D eigenvalue weighted by atomic mass is 19.4. The van der Waals surface area contributed by atoms with Gasteiger partial charge in [-0.15, -0.1) is 5.10 Å². The Morgan fingerprint density at radius 3 is 2.56 bits per heavy atom. The van der Waals surface area contributed by atoms with Gasteiger partial charge in [0.1, 0.15) is 6.61 Å². The number of carbonyl (C=O) groups is 1. The monoisotopic (exact) mass is 472 g/mol. The van der Waals surface area contributed by atoms with Gasteiger partial charge in [0, 0.05) is 18.4 Å². The molecule has 34 heavy (non-hydrogen) atoms. The normalized spacial score (nSPS) is 11.4. The van der Waals surface area contributed by atoms with Crippen LogP contribution < -0.4 is 10.1 Å². The van der Waals surface area contributed by atoms with Gasteiger partial charge >= 0.3 is 12.2 Å². The number of benzene rings is 2. The first-order valence-corrected chi connectivity index (χ1v) is 10.1. The zero-order valence-corrected chi connectivity index (χ0v) is 17.9. The van der Waals surface area contributed by atoms with Crippen molar-refractivity contribution in [1.29, 1.82) is 0 Å². The Bertz CT molecular complexity index is 1250. The molecule has 1 amide bonds. The smallest absolute Gasteiger partial charge is 0.416 e. The van der Waals surface area contributed by atoms with Crippen molar-refractivity contribution < 1.29 is 31.9 Å². The lowest BCUT2D eigenvalue weighted by atomic mass is 10.1. The number of alkyl halides is 3. The lowest BCUT2D eigenvalue weighted by Crippen LogP contribution is -2.13. The van der Waals surface area contributed by atoms with Crippen molar-refractivity contribution in [2.45, 2.75) is 6.18 Å². The van der Waals surface area contributed by atoms with Gasteiger partial charge in [-0.1, -0.05) is 6.07 Å². The van der Waals surface area contributed by atoms with Crippen molar-refractivity contribution in [3.63, 3.8) is 0 Å². The Morgan fingerprint density at radius 1 is 1.09 bits per heavy atom. The summed E-state index contributed by atoms with van der Waals surface area (Å²) in [4.78, 5) is 16.9. The highest BCUT2D eigenvalue weighted by molar-refractivity contribution is 6.04. The first kappa shape index (κ1) is 23.1. The standard InChI is InChI=1S/C23H19F3N4O4/c1-32-12-13-34-22-28-20(19-6-3-11-33-19)30(29-22)18-5-2-4-17(14-18)27-21(31)15-7-9-16(10-8-15)23(24,25)26/h2-11,14H,12-13H2,1H3,(H,27,31). The number of nitrogens with zero attached hydrogens (tertiary/aromatic N) is 3. The van der Waals surface area contributed by atoms with Crippen LogP contribution in [0.5, 0.6) is 6.01 Å². The molecule has 2 aromatic carbocycles. The molecule has 11 heteroatoms. The molecule has 0 unspecified atom stereocenters. The van der Waals surface area contributed by atoms with Crippen molar-refractivity contribution >= 4 is 11.6 Å². The zero-order chi connectivity index (χ0) is 24.1. The number of hydrogen-bond acceptors (Lipinski definition) is 6. The number of anilines is 1. The quantitative estimate of drug-likeness (QED) is 0.370. The van der Waals surface area contributed by atoms with Crippen molar-refractivity contribution in [3.8, 4) is 23.3 Å². The average Bonchev–Trinajstić information content (AvgIpc) is 3.49. The summed E-state index contributed by atoms with van der Waals surface area (Å²) in [6, 6.07) is 14.2. The first-order valence-electron chi connectivity index (χ1n) is 10.1. The molecular formula is C23H19F3N4O4. The molecule has 0 aliphatic carbocycles. The van der Waals surface area contributed by atoms with E-state index in [1.807, 2.05) is 0 Å². The maximum absolute atomic E-state index is 12.8. The van der Waals surface area contributed by atoms with Crippen LogP contribution in [0.2, 0.25) is 0 Å². The molecule has 0 saturated carbocycles. The third-order valence-corrected chi connectivity index (χ3v) is 4.67. The van der Waals surface area contributed by atoms with E-state index in [0.29, 0.717) is 29.6 Å². The summed E-state index contributed by atoms with van der Waals surface area (Å²) >= 11 is 0. The van der Waals surface area contributed by atoms with E-state index in [4.69, 9.17) is 13.9 Å². The van der Waals surface area contributed by atoms with Crippen molar-refractivity contribution in [1.82, 2.24) is 14.8 Å². The first-order chi connectivity index (χ1) is 16.3. The molecule has 0 aliphatic heterocycles. The number of carbonyl (C=O) groups excluding carboxylic acids is 1. The summed E-state index contributed by atoms with van der Waals surface area (Å²) in [5.41, 5.74) is 0.214. The molecule has 0 aliphatic rings. The highest BCUT2D eigenvalue weighted by Crippen LogP contribution is 2.29. The number of hydrogen-bond donors (Lipinski definition) is 1. The lowest BCUT2D eigenvalue weighted by molar-refractivity contribution is -0.137. The van der Waals surface area contributed by atoms with Gasteiger partial charge in [-0.05, 0) is 54.6 Å². The molecule has 1 N–H and O–H groups in total. The van der Waals surface area contributed by atoms with Crippen LogP contribution in [-0.4, -0.2) is 41.0 Å². The van der Waals surface area contributed by atoms with Gasteiger partial charge in [0.05, 0.1) is 24.1 Å². The van der Waals surface area contributed by atoms with E-state index >= 15 is 0 Å². The molecule has 0 radical (unpaired) electrons. The predicted molar refractivity (Wildman–Crippen MR) is 116 cm³/mol. The third kappa shape index (κ3) is 5.26. The van der Waals surface area contributed by atoms with Gasteiger partial charge in [-0.3, -0.25) is 4.79 Å². The van der Waals surface area contributed by atoms with Gasteiger partial charge in [0.25, 0.3) is 5.91 Å².